The van der Waals surface area contributed by atoms with Crippen LogP contribution in [0.5, 0.6) is 0 Å². The lowest BCUT2D eigenvalue weighted by Gasteiger charge is -2.35. The van der Waals surface area contributed by atoms with Crippen LogP contribution in [0, 0.1) is 29.6 Å². The predicted octanol–water partition coefficient (Wildman–Crippen LogP) is 4.42. The minimum Gasteiger partial charge on any atom is -0.257 e. The number of nitriles is 1. The van der Waals surface area contributed by atoms with E-state index in [1.165, 1.54) is 25.7 Å². The van der Waals surface area contributed by atoms with E-state index in [0.717, 1.165) is 36.4 Å². The lowest BCUT2D eigenvalue weighted by Crippen LogP contribution is -2.28. The molecule has 0 atom stereocenters. The molecule has 0 saturated heterocycles. The normalized spacial score (nSPS) is 26.4. The van der Waals surface area contributed by atoms with Gasteiger partial charge in [0.1, 0.15) is 5.15 Å². The van der Waals surface area contributed by atoms with Crippen molar-refractivity contribution in [1.29, 1.82) is 5.26 Å². The third-order valence-electron chi connectivity index (χ3n) is 4.78. The average Bonchev–Trinajstić information content (AvgIpc) is 2.68. The summed E-state index contributed by atoms with van der Waals surface area (Å²) in [6, 6.07) is 2.60. The Bertz CT molecular complexity index is 505. The van der Waals surface area contributed by atoms with Crippen LogP contribution in [0.2, 0.25) is 5.15 Å². The van der Waals surface area contributed by atoms with Gasteiger partial charge in [0.2, 0.25) is 0 Å². The molecule has 4 heteroatoms. The number of hydrogen-bond donors (Lipinski definition) is 0. The van der Waals surface area contributed by atoms with Crippen LogP contribution in [-0.4, -0.2) is 9.78 Å². The molecule has 0 N–H and O–H groups in total. The number of nitrogens with zero attached hydrogens (tertiary/aromatic N) is 3. The van der Waals surface area contributed by atoms with Crippen molar-refractivity contribution >= 4 is 11.6 Å². The number of rotatable bonds is 4. The highest BCUT2D eigenvalue weighted by Gasteiger charge is 2.36. The van der Waals surface area contributed by atoms with Gasteiger partial charge in [-0.05, 0) is 44.9 Å². The molecule has 1 saturated carbocycles. The molecule has 1 aliphatic rings. The quantitative estimate of drug-likeness (QED) is 0.824. The molecule has 3 nitrogen and oxygen atoms in total. The molecule has 110 valence electrons. The molecular weight excluding hydrogens is 270 g/mol. The SMILES string of the molecule is CCCC1CCC(C#N)(Cc2c(C)nn(C)c2Cl)CC1. The monoisotopic (exact) mass is 293 g/mol. The fraction of sp³-hybridized carbons (Fsp3) is 0.750. The van der Waals surface area contributed by atoms with Crippen LogP contribution in [0.15, 0.2) is 0 Å². The number of halogens is 1. The molecule has 0 aliphatic heterocycles. The van der Waals surface area contributed by atoms with Gasteiger partial charge in [0.15, 0.2) is 0 Å². The summed E-state index contributed by atoms with van der Waals surface area (Å²) in [7, 11) is 1.86. The highest BCUT2D eigenvalue weighted by Crippen LogP contribution is 2.43. The van der Waals surface area contributed by atoms with E-state index >= 15 is 0 Å². The molecule has 0 aromatic carbocycles. The molecule has 1 aromatic heterocycles. The van der Waals surface area contributed by atoms with Gasteiger partial charge in [-0.1, -0.05) is 31.4 Å². The van der Waals surface area contributed by atoms with E-state index < -0.39 is 0 Å². The molecule has 0 bridgehead atoms. The molecule has 1 fully saturated rings. The minimum absolute atomic E-state index is 0.234. The minimum atomic E-state index is -0.234. The molecule has 20 heavy (non-hydrogen) atoms. The lowest BCUT2D eigenvalue weighted by molar-refractivity contribution is 0.200. The summed E-state index contributed by atoms with van der Waals surface area (Å²) in [4.78, 5) is 0. The van der Waals surface area contributed by atoms with Crippen molar-refractivity contribution in [3.05, 3.63) is 16.4 Å². The van der Waals surface area contributed by atoms with Crippen LogP contribution in [0.1, 0.15) is 56.7 Å². The lowest BCUT2D eigenvalue weighted by atomic mass is 9.67. The Morgan fingerprint density at radius 3 is 2.55 bits per heavy atom. The molecule has 0 radical (unpaired) electrons. The summed E-state index contributed by atoms with van der Waals surface area (Å²) >= 11 is 6.32. The van der Waals surface area contributed by atoms with Crippen LogP contribution in [0.3, 0.4) is 0 Å². The fourth-order valence-corrected chi connectivity index (χ4v) is 3.71. The highest BCUT2D eigenvalue weighted by molar-refractivity contribution is 6.30. The number of hydrogen-bond acceptors (Lipinski definition) is 2. The summed E-state index contributed by atoms with van der Waals surface area (Å²) in [6.07, 6.45) is 7.65. The zero-order valence-electron chi connectivity index (χ0n) is 12.7. The molecular formula is C16H24ClN3. The van der Waals surface area contributed by atoms with Gasteiger partial charge in [-0.15, -0.1) is 0 Å². The first-order valence-corrected chi connectivity index (χ1v) is 7.98. The van der Waals surface area contributed by atoms with Crippen molar-refractivity contribution in [2.75, 3.05) is 0 Å². The van der Waals surface area contributed by atoms with E-state index in [2.05, 4.69) is 18.1 Å². The van der Waals surface area contributed by atoms with E-state index in [4.69, 9.17) is 11.6 Å². The summed E-state index contributed by atoms with van der Waals surface area (Å²) in [5.74, 6) is 0.812. The second kappa shape index (κ2) is 6.18. The smallest absolute Gasteiger partial charge is 0.130 e. The van der Waals surface area contributed by atoms with Crippen LogP contribution < -0.4 is 0 Å². The zero-order chi connectivity index (χ0) is 14.8. The van der Waals surface area contributed by atoms with Crippen LogP contribution >= 0.6 is 11.6 Å². The van der Waals surface area contributed by atoms with Gasteiger partial charge in [-0.25, -0.2) is 0 Å². The first-order valence-electron chi connectivity index (χ1n) is 7.60. The van der Waals surface area contributed by atoms with Gasteiger partial charge in [-0.2, -0.15) is 10.4 Å². The maximum absolute atomic E-state index is 9.69. The summed E-state index contributed by atoms with van der Waals surface area (Å²) in [6.45, 7) is 4.22. The molecule has 2 rings (SSSR count). The van der Waals surface area contributed by atoms with Crippen molar-refractivity contribution < 1.29 is 0 Å². The van der Waals surface area contributed by atoms with E-state index in [1.54, 1.807) is 4.68 Å². The van der Waals surface area contributed by atoms with Gasteiger partial charge in [-0.3, -0.25) is 4.68 Å². The van der Waals surface area contributed by atoms with Crippen LogP contribution in [-0.2, 0) is 13.5 Å². The molecule has 0 amide bonds. The third-order valence-corrected chi connectivity index (χ3v) is 5.25. The second-order valence-electron chi connectivity index (χ2n) is 6.28. The van der Waals surface area contributed by atoms with E-state index in [1.807, 2.05) is 14.0 Å². The van der Waals surface area contributed by atoms with Gasteiger partial charge in [0.25, 0.3) is 0 Å². The molecule has 1 aromatic rings. The van der Waals surface area contributed by atoms with Crippen LogP contribution in [0.25, 0.3) is 0 Å². The standard InChI is InChI=1S/C16H24ClN3/c1-4-5-13-6-8-16(11-18,9-7-13)10-14-12(2)19-20(3)15(14)17/h13H,4-10H2,1-3H3. The first kappa shape index (κ1) is 15.4. The fourth-order valence-electron chi connectivity index (χ4n) is 3.47. The van der Waals surface area contributed by atoms with Crippen molar-refractivity contribution in [1.82, 2.24) is 9.78 Å². The Balaban J connectivity index is 2.12. The predicted molar refractivity (Wildman–Crippen MR) is 81.6 cm³/mol. The topological polar surface area (TPSA) is 41.6 Å². The Kier molecular flexibility index (Phi) is 4.75. The summed E-state index contributed by atoms with van der Waals surface area (Å²) in [5, 5.41) is 14.7. The molecule has 1 heterocycles. The largest absolute Gasteiger partial charge is 0.257 e. The second-order valence-corrected chi connectivity index (χ2v) is 6.64. The average molecular weight is 294 g/mol. The van der Waals surface area contributed by atoms with Crippen molar-refractivity contribution in [2.45, 2.75) is 58.8 Å². The Morgan fingerprint density at radius 2 is 2.10 bits per heavy atom. The van der Waals surface area contributed by atoms with Gasteiger partial charge >= 0.3 is 0 Å². The Hall–Kier alpha value is -1.01. The van der Waals surface area contributed by atoms with E-state index in [0.29, 0.717) is 5.15 Å². The summed E-state index contributed by atoms with van der Waals surface area (Å²) in [5.41, 5.74) is 1.79. The van der Waals surface area contributed by atoms with Crippen molar-refractivity contribution in [2.24, 2.45) is 18.4 Å². The highest BCUT2D eigenvalue weighted by atomic mass is 35.5. The maximum Gasteiger partial charge on any atom is 0.130 e. The Morgan fingerprint density at radius 1 is 1.45 bits per heavy atom. The van der Waals surface area contributed by atoms with E-state index in [-0.39, 0.29) is 5.41 Å². The van der Waals surface area contributed by atoms with Crippen molar-refractivity contribution in [3.63, 3.8) is 0 Å². The van der Waals surface area contributed by atoms with Gasteiger partial charge < -0.3 is 0 Å². The first-order chi connectivity index (χ1) is 9.51. The van der Waals surface area contributed by atoms with Crippen molar-refractivity contribution in [3.8, 4) is 6.07 Å². The Labute approximate surface area is 126 Å². The number of aromatic nitrogens is 2. The maximum atomic E-state index is 9.69. The van der Waals surface area contributed by atoms with Gasteiger partial charge in [0.05, 0.1) is 17.2 Å². The van der Waals surface area contributed by atoms with Crippen LogP contribution in [0.4, 0.5) is 0 Å². The third kappa shape index (κ3) is 3.01. The number of aryl methyl sites for hydroxylation is 2. The molecule has 0 spiro atoms. The van der Waals surface area contributed by atoms with E-state index in [9.17, 15) is 5.26 Å². The molecule has 1 aliphatic carbocycles. The zero-order valence-corrected chi connectivity index (χ0v) is 13.5. The summed E-state index contributed by atoms with van der Waals surface area (Å²) < 4.78 is 1.71. The van der Waals surface area contributed by atoms with Gasteiger partial charge in [0, 0.05) is 12.6 Å². The molecule has 0 unspecified atom stereocenters.